The average Bonchev–Trinajstić information content (AvgIpc) is 2.64. The number of halogens is 3. The lowest BCUT2D eigenvalue weighted by Crippen LogP contribution is -2.27. The SMILES string of the molecule is O=C(C[C@@H](N=Cc1ccc([N+](=O)[O-])cc1)C(Cl)(Cl)Cl)c1ccc([N+](=O)[O-])cc1. The maximum absolute atomic E-state index is 12.4. The molecule has 2 aromatic carbocycles. The number of carbonyl (C=O) groups is 1. The molecule has 0 fully saturated rings. The quantitative estimate of drug-likeness (QED) is 0.197. The molecule has 1 atom stereocenters. The van der Waals surface area contributed by atoms with Gasteiger partial charge < -0.3 is 0 Å². The number of nitro benzene ring substituents is 2. The Balaban J connectivity index is 2.16. The van der Waals surface area contributed by atoms with Gasteiger partial charge in [-0.25, -0.2) is 0 Å². The van der Waals surface area contributed by atoms with Crippen molar-refractivity contribution >= 4 is 58.2 Å². The highest BCUT2D eigenvalue weighted by Crippen LogP contribution is 2.35. The Hall–Kier alpha value is -2.55. The summed E-state index contributed by atoms with van der Waals surface area (Å²) in [5.74, 6) is -0.410. The van der Waals surface area contributed by atoms with E-state index in [2.05, 4.69) is 4.99 Å². The minimum Gasteiger partial charge on any atom is -0.294 e. The maximum atomic E-state index is 12.4. The van der Waals surface area contributed by atoms with Gasteiger partial charge in [0.2, 0.25) is 3.79 Å². The van der Waals surface area contributed by atoms with Gasteiger partial charge in [-0.15, -0.1) is 0 Å². The van der Waals surface area contributed by atoms with E-state index in [4.69, 9.17) is 34.8 Å². The van der Waals surface area contributed by atoms with Gasteiger partial charge in [0, 0.05) is 42.5 Å². The smallest absolute Gasteiger partial charge is 0.269 e. The van der Waals surface area contributed by atoms with Crippen molar-refractivity contribution < 1.29 is 14.6 Å². The van der Waals surface area contributed by atoms with Crippen molar-refractivity contribution in [2.24, 2.45) is 4.99 Å². The maximum Gasteiger partial charge on any atom is 0.269 e. The third-order valence-electron chi connectivity index (χ3n) is 3.66. The summed E-state index contributed by atoms with van der Waals surface area (Å²) >= 11 is 17.8. The lowest BCUT2D eigenvalue weighted by atomic mass is 10.0. The molecule has 0 aliphatic carbocycles. The molecule has 0 aliphatic rings. The number of rotatable bonds is 7. The molecular formula is C17H12Cl3N3O5. The molecule has 0 saturated heterocycles. The molecule has 0 radical (unpaired) electrons. The monoisotopic (exact) mass is 443 g/mol. The summed E-state index contributed by atoms with van der Waals surface area (Å²) in [6.07, 6.45) is 1.09. The number of hydrogen-bond acceptors (Lipinski definition) is 6. The van der Waals surface area contributed by atoms with Crippen LogP contribution in [0.15, 0.2) is 53.5 Å². The van der Waals surface area contributed by atoms with Crippen molar-refractivity contribution in [3.63, 3.8) is 0 Å². The molecule has 0 amide bonds. The third-order valence-corrected chi connectivity index (χ3v) is 4.42. The lowest BCUT2D eigenvalue weighted by molar-refractivity contribution is -0.385. The van der Waals surface area contributed by atoms with E-state index in [1.807, 2.05) is 0 Å². The molecular weight excluding hydrogens is 433 g/mol. The van der Waals surface area contributed by atoms with Gasteiger partial charge >= 0.3 is 0 Å². The Morgan fingerprint density at radius 1 is 0.964 bits per heavy atom. The average molecular weight is 445 g/mol. The summed E-state index contributed by atoms with van der Waals surface area (Å²) in [5, 5.41) is 21.4. The van der Waals surface area contributed by atoms with Crippen molar-refractivity contribution in [3.05, 3.63) is 79.9 Å². The predicted molar refractivity (Wildman–Crippen MR) is 107 cm³/mol. The number of nitrogens with zero attached hydrogens (tertiary/aromatic N) is 3. The van der Waals surface area contributed by atoms with Gasteiger partial charge in [0.25, 0.3) is 11.4 Å². The van der Waals surface area contributed by atoms with E-state index in [1.54, 1.807) is 0 Å². The number of Topliss-reactive ketones (excluding diaryl/α,β-unsaturated/α-hetero) is 1. The molecule has 0 N–H and O–H groups in total. The number of nitro groups is 2. The minimum absolute atomic E-state index is 0.0802. The molecule has 11 heteroatoms. The number of alkyl halides is 3. The van der Waals surface area contributed by atoms with E-state index in [0.29, 0.717) is 5.56 Å². The van der Waals surface area contributed by atoms with Crippen LogP contribution in [0.4, 0.5) is 11.4 Å². The largest absolute Gasteiger partial charge is 0.294 e. The zero-order valence-electron chi connectivity index (χ0n) is 14.0. The summed E-state index contributed by atoms with van der Waals surface area (Å²) < 4.78 is -1.88. The number of non-ortho nitro benzene ring substituents is 2. The van der Waals surface area contributed by atoms with Gasteiger partial charge in [-0.1, -0.05) is 34.8 Å². The van der Waals surface area contributed by atoms with Crippen LogP contribution in [-0.4, -0.2) is 31.7 Å². The highest BCUT2D eigenvalue weighted by atomic mass is 35.6. The summed E-state index contributed by atoms with van der Waals surface area (Å²) in [6, 6.07) is 9.54. The zero-order chi connectivity index (χ0) is 20.9. The van der Waals surface area contributed by atoms with Gasteiger partial charge in [0.15, 0.2) is 5.78 Å². The van der Waals surface area contributed by atoms with Crippen LogP contribution in [0.3, 0.4) is 0 Å². The van der Waals surface area contributed by atoms with Crippen molar-refractivity contribution in [1.82, 2.24) is 0 Å². The van der Waals surface area contributed by atoms with Crippen LogP contribution in [-0.2, 0) is 0 Å². The van der Waals surface area contributed by atoms with Crippen LogP contribution in [0, 0.1) is 20.2 Å². The summed E-state index contributed by atoms with van der Waals surface area (Å²) in [5.41, 5.74) is 0.511. The summed E-state index contributed by atoms with van der Waals surface area (Å²) in [4.78, 5) is 36.8. The summed E-state index contributed by atoms with van der Waals surface area (Å²) in [7, 11) is 0. The van der Waals surface area contributed by atoms with Gasteiger partial charge in [-0.3, -0.25) is 30.0 Å². The molecule has 0 aliphatic heterocycles. The molecule has 0 aromatic heterocycles. The second-order valence-corrected chi connectivity index (χ2v) is 7.98. The number of ketones is 1. The molecule has 8 nitrogen and oxygen atoms in total. The summed E-state index contributed by atoms with van der Waals surface area (Å²) in [6.45, 7) is 0. The Kier molecular flexibility index (Phi) is 7.06. The van der Waals surface area contributed by atoms with E-state index >= 15 is 0 Å². The standard InChI is InChI=1S/C17H12Cl3N3O5/c18-17(19,20)16(21-10-11-1-5-13(6-2-11)22(25)26)9-15(24)12-3-7-14(8-4-12)23(27)28/h1-8,10,16H,9H2/t16-/m1/s1. The van der Waals surface area contributed by atoms with Crippen molar-refractivity contribution in [2.75, 3.05) is 0 Å². The third kappa shape index (κ3) is 5.98. The van der Waals surface area contributed by atoms with Gasteiger partial charge in [-0.2, -0.15) is 0 Å². The van der Waals surface area contributed by atoms with Crippen LogP contribution in [0.25, 0.3) is 0 Å². The fourth-order valence-corrected chi connectivity index (χ4v) is 2.57. The fraction of sp³-hybridized carbons (Fsp3) is 0.176. The first kappa shape index (κ1) is 21.7. The predicted octanol–water partition coefficient (Wildman–Crippen LogP) is 4.93. The number of hydrogen-bond donors (Lipinski definition) is 0. The Bertz CT molecular complexity index is 909. The molecule has 0 unspecified atom stereocenters. The van der Waals surface area contributed by atoms with E-state index in [1.165, 1.54) is 54.7 Å². The highest BCUT2D eigenvalue weighted by Gasteiger charge is 2.34. The molecule has 0 heterocycles. The van der Waals surface area contributed by atoms with E-state index in [-0.39, 0.29) is 23.4 Å². The van der Waals surface area contributed by atoms with Crippen LogP contribution in [0.2, 0.25) is 0 Å². The molecule has 2 aromatic rings. The van der Waals surface area contributed by atoms with Crippen molar-refractivity contribution in [1.29, 1.82) is 0 Å². The second kappa shape index (κ2) is 9.09. The van der Waals surface area contributed by atoms with Crippen LogP contribution in [0.5, 0.6) is 0 Å². The Labute approximate surface area is 174 Å². The number of carbonyl (C=O) groups excluding carboxylic acids is 1. The topological polar surface area (TPSA) is 116 Å². The van der Waals surface area contributed by atoms with Crippen LogP contribution >= 0.6 is 34.8 Å². The van der Waals surface area contributed by atoms with E-state index in [9.17, 15) is 25.0 Å². The minimum atomic E-state index is -1.88. The van der Waals surface area contributed by atoms with Gasteiger partial charge in [-0.05, 0) is 29.8 Å². The van der Waals surface area contributed by atoms with Gasteiger partial charge in [0.05, 0.1) is 9.85 Å². The Morgan fingerprint density at radius 3 is 1.86 bits per heavy atom. The van der Waals surface area contributed by atoms with Crippen molar-refractivity contribution in [3.8, 4) is 0 Å². The first-order chi connectivity index (χ1) is 13.1. The highest BCUT2D eigenvalue weighted by molar-refractivity contribution is 6.68. The van der Waals surface area contributed by atoms with Crippen LogP contribution < -0.4 is 0 Å². The molecule has 146 valence electrons. The lowest BCUT2D eigenvalue weighted by Gasteiger charge is -2.19. The first-order valence-corrected chi connectivity index (χ1v) is 8.83. The molecule has 2 rings (SSSR count). The fourth-order valence-electron chi connectivity index (χ4n) is 2.17. The van der Waals surface area contributed by atoms with Crippen molar-refractivity contribution in [2.45, 2.75) is 16.3 Å². The molecule has 0 spiro atoms. The number of benzene rings is 2. The number of aliphatic imine (C=N–C) groups is 1. The molecule has 28 heavy (non-hydrogen) atoms. The van der Waals surface area contributed by atoms with E-state index < -0.39 is 25.5 Å². The van der Waals surface area contributed by atoms with Gasteiger partial charge in [0.1, 0.15) is 6.04 Å². The zero-order valence-corrected chi connectivity index (χ0v) is 16.3. The molecule has 0 bridgehead atoms. The van der Waals surface area contributed by atoms with Crippen LogP contribution in [0.1, 0.15) is 22.3 Å². The van der Waals surface area contributed by atoms with E-state index in [0.717, 1.165) is 0 Å². The Morgan fingerprint density at radius 2 is 1.43 bits per heavy atom. The second-order valence-electron chi connectivity index (χ2n) is 5.62. The molecule has 0 saturated carbocycles. The first-order valence-electron chi connectivity index (χ1n) is 7.70. The normalized spacial score (nSPS) is 12.7.